The van der Waals surface area contributed by atoms with Crippen molar-refractivity contribution < 1.29 is 9.59 Å². The molecular weight excluding hydrogens is 374 g/mol. The molecular formula is C22H36ClN3O2. The van der Waals surface area contributed by atoms with E-state index in [1.165, 1.54) is 19.3 Å². The van der Waals surface area contributed by atoms with Gasteiger partial charge in [-0.2, -0.15) is 0 Å². The van der Waals surface area contributed by atoms with Crippen molar-refractivity contribution in [2.75, 3.05) is 13.1 Å². The molecule has 6 heteroatoms. The van der Waals surface area contributed by atoms with E-state index in [0.29, 0.717) is 11.9 Å². The Morgan fingerprint density at radius 1 is 1.00 bits per heavy atom. The Hall–Kier alpha value is -0.810. The highest BCUT2D eigenvalue weighted by molar-refractivity contribution is 5.91. The van der Waals surface area contributed by atoms with Crippen LogP contribution in [-0.2, 0) is 9.59 Å². The Bertz CT molecular complexity index is 590. The maximum atomic E-state index is 13.7. The first-order valence-electron chi connectivity index (χ1n) is 11.4. The van der Waals surface area contributed by atoms with Gasteiger partial charge in [0.25, 0.3) is 0 Å². The molecule has 0 aromatic carbocycles. The molecule has 0 aromatic heterocycles. The van der Waals surface area contributed by atoms with E-state index in [1.54, 1.807) is 0 Å². The molecule has 2 saturated heterocycles. The van der Waals surface area contributed by atoms with Gasteiger partial charge in [-0.1, -0.05) is 0 Å². The number of carbonyl (C=O) groups excluding carboxylic acids is 2. The molecule has 158 valence electrons. The molecule has 28 heavy (non-hydrogen) atoms. The molecule has 2 amide bonds. The Balaban J connectivity index is 0.00000192. The second-order valence-corrected chi connectivity index (χ2v) is 10.4. The minimum absolute atomic E-state index is 0. The van der Waals surface area contributed by atoms with Gasteiger partial charge < -0.3 is 15.5 Å². The first-order chi connectivity index (χ1) is 13.0. The van der Waals surface area contributed by atoms with Gasteiger partial charge in [-0.25, -0.2) is 0 Å². The van der Waals surface area contributed by atoms with Crippen LogP contribution in [0.3, 0.4) is 0 Å². The van der Waals surface area contributed by atoms with Crippen molar-refractivity contribution >= 4 is 24.2 Å². The van der Waals surface area contributed by atoms with Crippen LogP contribution in [0.4, 0.5) is 0 Å². The fraction of sp³-hybridized carbons (Fsp3) is 0.909. The second-order valence-electron chi connectivity index (χ2n) is 10.4. The summed E-state index contributed by atoms with van der Waals surface area (Å²) < 4.78 is 0. The normalized spacial score (nSPS) is 44.2. The molecule has 3 unspecified atom stereocenters. The zero-order valence-electron chi connectivity index (χ0n) is 17.1. The van der Waals surface area contributed by atoms with Crippen LogP contribution in [-0.4, -0.2) is 47.9 Å². The van der Waals surface area contributed by atoms with E-state index in [1.807, 2.05) is 4.90 Å². The Labute approximate surface area is 175 Å². The summed E-state index contributed by atoms with van der Waals surface area (Å²) in [5, 5.41) is 6.72. The molecule has 0 spiro atoms. The summed E-state index contributed by atoms with van der Waals surface area (Å²) in [5.74, 6) is 2.74. The number of likely N-dealkylation sites (tertiary alicyclic amines) is 1. The zero-order valence-corrected chi connectivity index (χ0v) is 17.9. The van der Waals surface area contributed by atoms with Crippen molar-refractivity contribution in [3.8, 4) is 0 Å². The highest BCUT2D eigenvalue weighted by Crippen LogP contribution is 2.60. The third kappa shape index (κ3) is 3.58. The molecule has 4 saturated carbocycles. The number of hydrogen-bond acceptors (Lipinski definition) is 3. The van der Waals surface area contributed by atoms with Crippen molar-refractivity contribution in [2.45, 2.75) is 89.3 Å². The van der Waals surface area contributed by atoms with Gasteiger partial charge in [0.15, 0.2) is 0 Å². The second kappa shape index (κ2) is 7.79. The van der Waals surface area contributed by atoms with E-state index in [-0.39, 0.29) is 35.8 Å². The topological polar surface area (TPSA) is 61.4 Å². The van der Waals surface area contributed by atoms with Crippen LogP contribution in [0.5, 0.6) is 0 Å². The molecule has 6 fully saturated rings. The van der Waals surface area contributed by atoms with Crippen molar-refractivity contribution in [3.63, 3.8) is 0 Å². The molecule has 6 aliphatic rings. The van der Waals surface area contributed by atoms with Crippen LogP contribution in [0.2, 0.25) is 0 Å². The van der Waals surface area contributed by atoms with E-state index in [0.717, 1.165) is 75.8 Å². The summed E-state index contributed by atoms with van der Waals surface area (Å²) in [6, 6.07) is 0.485. The zero-order chi connectivity index (χ0) is 18.6. The lowest BCUT2D eigenvalue weighted by atomic mass is 9.49. The van der Waals surface area contributed by atoms with Gasteiger partial charge in [0.2, 0.25) is 11.8 Å². The first kappa shape index (κ1) is 20.5. The average molecular weight is 410 g/mol. The average Bonchev–Trinajstić information content (AvgIpc) is 3.09. The van der Waals surface area contributed by atoms with Gasteiger partial charge in [0, 0.05) is 18.6 Å². The number of piperidine rings is 1. The first-order valence-corrected chi connectivity index (χ1v) is 11.4. The molecule has 4 bridgehead atoms. The number of nitrogens with one attached hydrogen (secondary N) is 2. The minimum Gasteiger partial charge on any atom is -0.351 e. The third-order valence-electron chi connectivity index (χ3n) is 8.28. The van der Waals surface area contributed by atoms with Crippen molar-refractivity contribution in [2.24, 2.45) is 23.2 Å². The Kier molecular flexibility index (Phi) is 5.69. The van der Waals surface area contributed by atoms with Crippen LogP contribution in [0.15, 0.2) is 0 Å². The number of halogens is 1. The molecule has 6 rings (SSSR count). The molecule has 2 N–H and O–H groups in total. The summed E-state index contributed by atoms with van der Waals surface area (Å²) in [7, 11) is 0. The summed E-state index contributed by atoms with van der Waals surface area (Å²) in [5.41, 5.74) is -0.124. The molecule has 2 aliphatic heterocycles. The monoisotopic (exact) mass is 409 g/mol. The maximum absolute atomic E-state index is 13.7. The van der Waals surface area contributed by atoms with Gasteiger partial charge in [0.1, 0.15) is 6.04 Å². The largest absolute Gasteiger partial charge is 0.351 e. The van der Waals surface area contributed by atoms with Crippen LogP contribution in [0.25, 0.3) is 0 Å². The highest BCUT2D eigenvalue weighted by atomic mass is 35.5. The number of carbonyl (C=O) groups is 2. The van der Waals surface area contributed by atoms with Gasteiger partial charge in [-0.3, -0.25) is 9.59 Å². The van der Waals surface area contributed by atoms with E-state index < -0.39 is 0 Å². The van der Waals surface area contributed by atoms with E-state index >= 15 is 0 Å². The van der Waals surface area contributed by atoms with Crippen LogP contribution < -0.4 is 10.6 Å². The molecule has 0 radical (unpaired) electrons. The van der Waals surface area contributed by atoms with Crippen molar-refractivity contribution in [1.82, 2.24) is 15.5 Å². The minimum atomic E-state index is -0.226. The Morgan fingerprint density at radius 2 is 1.64 bits per heavy atom. The van der Waals surface area contributed by atoms with Crippen molar-refractivity contribution in [3.05, 3.63) is 0 Å². The van der Waals surface area contributed by atoms with Gasteiger partial charge in [-0.15, -0.1) is 12.4 Å². The summed E-state index contributed by atoms with van der Waals surface area (Å²) >= 11 is 0. The van der Waals surface area contributed by atoms with Crippen LogP contribution in [0, 0.1) is 23.2 Å². The lowest BCUT2D eigenvalue weighted by Crippen LogP contribution is -2.58. The summed E-state index contributed by atoms with van der Waals surface area (Å²) in [6.45, 7) is 3.92. The molecule has 2 heterocycles. The van der Waals surface area contributed by atoms with Crippen LogP contribution >= 0.6 is 12.4 Å². The van der Waals surface area contributed by atoms with Gasteiger partial charge >= 0.3 is 0 Å². The fourth-order valence-electron chi connectivity index (χ4n) is 7.52. The lowest BCUT2D eigenvalue weighted by molar-refractivity contribution is -0.160. The SMILES string of the molecule is CC1CC(NC(=O)C2CCCN2C(=O)C23CC4CC(CC(C4)C2)C3)CCN1.Cl. The predicted octanol–water partition coefficient (Wildman–Crippen LogP) is 2.87. The smallest absolute Gasteiger partial charge is 0.243 e. The summed E-state index contributed by atoms with van der Waals surface area (Å²) in [4.78, 5) is 28.7. The van der Waals surface area contributed by atoms with Gasteiger partial charge in [-0.05, 0) is 95.4 Å². The lowest BCUT2D eigenvalue weighted by Gasteiger charge is -2.56. The standard InChI is InChI=1S/C22H35N3O2.ClH/c1-14-7-18(4-5-23-14)24-20(26)19-3-2-6-25(19)21(27)22-11-15-8-16(12-22)10-17(9-15)13-22;/h14-19,23H,2-13H2,1H3,(H,24,26);1H. The molecule has 4 aliphatic carbocycles. The van der Waals surface area contributed by atoms with Crippen molar-refractivity contribution in [1.29, 1.82) is 0 Å². The number of rotatable bonds is 3. The third-order valence-corrected chi connectivity index (χ3v) is 8.28. The molecule has 3 atom stereocenters. The summed E-state index contributed by atoms with van der Waals surface area (Å²) in [6.07, 6.45) is 11.1. The molecule has 5 nitrogen and oxygen atoms in total. The van der Waals surface area contributed by atoms with Gasteiger partial charge in [0.05, 0.1) is 5.41 Å². The highest BCUT2D eigenvalue weighted by Gasteiger charge is 2.56. The molecule has 0 aromatic rings. The van der Waals surface area contributed by atoms with E-state index in [4.69, 9.17) is 0 Å². The quantitative estimate of drug-likeness (QED) is 0.753. The number of hydrogen-bond donors (Lipinski definition) is 2. The fourth-order valence-corrected chi connectivity index (χ4v) is 7.52. The number of amides is 2. The van der Waals surface area contributed by atoms with E-state index in [2.05, 4.69) is 17.6 Å². The van der Waals surface area contributed by atoms with E-state index in [9.17, 15) is 9.59 Å². The maximum Gasteiger partial charge on any atom is 0.243 e. The Morgan fingerprint density at radius 3 is 2.25 bits per heavy atom. The number of nitrogens with zero attached hydrogens (tertiary/aromatic N) is 1. The predicted molar refractivity (Wildman–Crippen MR) is 111 cm³/mol. The van der Waals surface area contributed by atoms with Crippen LogP contribution in [0.1, 0.15) is 71.1 Å².